The predicted molar refractivity (Wildman–Crippen MR) is 146 cm³/mol. The Balaban J connectivity index is 1.28. The highest BCUT2D eigenvalue weighted by Crippen LogP contribution is 2.21. The van der Waals surface area contributed by atoms with Gasteiger partial charge < -0.3 is 14.8 Å². The maximum atomic E-state index is 13.3. The van der Waals surface area contributed by atoms with Crippen molar-refractivity contribution in [2.24, 2.45) is 0 Å². The summed E-state index contributed by atoms with van der Waals surface area (Å²) in [5, 5.41) is 7.56. The van der Waals surface area contributed by atoms with E-state index in [1.54, 1.807) is 36.9 Å². The van der Waals surface area contributed by atoms with Crippen LogP contribution in [0.3, 0.4) is 0 Å². The van der Waals surface area contributed by atoms with E-state index in [2.05, 4.69) is 43.9 Å². The standard InChI is InChI=1S/C26H32Cl2N6O2S/c1-18-13-22(27)31-25(28)24(18)26(36)30-7-3-19(2)33-9-4-21(5-10-33)34(14-20-6-12-37-16-20)23(35)15-32-11-8-29-17-32/h6,8,11-13,16-17,19,21H,3-5,7,9-10,14-15H2,1-2H3,(H,30,36)/p+1/t19-/m1/s1. The molecule has 1 fully saturated rings. The summed E-state index contributed by atoms with van der Waals surface area (Å²) in [6.07, 6.45) is 7.97. The van der Waals surface area contributed by atoms with Crippen molar-refractivity contribution in [1.29, 1.82) is 0 Å². The molecule has 0 aliphatic carbocycles. The summed E-state index contributed by atoms with van der Waals surface area (Å²) in [5.41, 5.74) is 2.28. The Bertz CT molecular complexity index is 1160. The number of hydrogen-bond donors (Lipinski definition) is 2. The summed E-state index contributed by atoms with van der Waals surface area (Å²) in [6.45, 7) is 7.43. The number of carbonyl (C=O) groups excluding carboxylic acids is 2. The van der Waals surface area contributed by atoms with Crippen LogP contribution in [-0.4, -0.2) is 63.0 Å². The molecule has 2 amide bonds. The first-order valence-electron chi connectivity index (χ1n) is 12.5. The number of aryl methyl sites for hydroxylation is 1. The summed E-state index contributed by atoms with van der Waals surface area (Å²) in [5.74, 6) is -0.0364. The lowest BCUT2D eigenvalue weighted by molar-refractivity contribution is -0.864. The molecule has 37 heavy (non-hydrogen) atoms. The number of amides is 2. The molecule has 2 N–H and O–H groups in total. The normalized spacial score (nSPS) is 16.4. The summed E-state index contributed by atoms with van der Waals surface area (Å²) in [7, 11) is 0. The molecule has 0 spiro atoms. The number of halogens is 2. The highest BCUT2D eigenvalue weighted by molar-refractivity contribution is 7.07. The monoisotopic (exact) mass is 563 g/mol. The Labute approximate surface area is 231 Å². The van der Waals surface area contributed by atoms with Gasteiger partial charge in [0.1, 0.15) is 23.4 Å². The number of aromatic nitrogens is 3. The number of nitrogens with zero attached hydrogens (tertiary/aromatic N) is 4. The van der Waals surface area contributed by atoms with Crippen LogP contribution in [0.15, 0.2) is 41.6 Å². The Morgan fingerprint density at radius 1 is 1.30 bits per heavy atom. The molecule has 0 saturated carbocycles. The van der Waals surface area contributed by atoms with Gasteiger partial charge in [0.2, 0.25) is 0 Å². The van der Waals surface area contributed by atoms with Crippen LogP contribution < -0.4 is 10.2 Å². The number of pyridine rings is 1. The summed E-state index contributed by atoms with van der Waals surface area (Å²) < 4.78 is 1.84. The van der Waals surface area contributed by atoms with Gasteiger partial charge in [-0.25, -0.2) is 14.8 Å². The van der Waals surface area contributed by atoms with E-state index >= 15 is 0 Å². The van der Waals surface area contributed by atoms with E-state index in [0.29, 0.717) is 36.8 Å². The molecule has 11 heteroatoms. The Hall–Kier alpha value is -2.30. The summed E-state index contributed by atoms with van der Waals surface area (Å²) in [6, 6.07) is 4.33. The third-order valence-electron chi connectivity index (χ3n) is 7.08. The van der Waals surface area contributed by atoms with E-state index in [-0.39, 0.29) is 28.2 Å². The van der Waals surface area contributed by atoms with E-state index < -0.39 is 0 Å². The molecule has 1 saturated heterocycles. The predicted octanol–water partition coefficient (Wildman–Crippen LogP) is 3.24. The van der Waals surface area contributed by atoms with Gasteiger partial charge in [-0.1, -0.05) is 23.2 Å². The van der Waals surface area contributed by atoms with Gasteiger partial charge in [-0.2, -0.15) is 11.3 Å². The molecule has 4 rings (SSSR count). The first-order valence-corrected chi connectivity index (χ1v) is 14.2. The molecule has 0 bridgehead atoms. The van der Waals surface area contributed by atoms with Crippen molar-refractivity contribution in [1.82, 2.24) is 24.8 Å². The van der Waals surface area contributed by atoms with Gasteiger partial charge in [0, 0.05) is 56.5 Å². The molecule has 198 valence electrons. The SMILES string of the molecule is Cc1cc(Cl)nc(Cl)c1C(=O)NCC[C@@H](C)N1CCC([NH+](Cc2ccsc2)C(=O)Cn2ccnc2)CC1. The van der Waals surface area contributed by atoms with Crippen LogP contribution in [0.2, 0.25) is 10.3 Å². The number of hydrogen-bond acceptors (Lipinski definition) is 6. The zero-order valence-corrected chi connectivity index (χ0v) is 23.5. The molecule has 1 aliphatic heterocycles. The number of imidazole rings is 1. The maximum Gasteiger partial charge on any atom is 0.332 e. The van der Waals surface area contributed by atoms with Crippen LogP contribution in [-0.2, 0) is 17.9 Å². The minimum Gasteiger partial charge on any atom is -0.352 e. The van der Waals surface area contributed by atoms with Gasteiger partial charge in [0.25, 0.3) is 5.91 Å². The molecule has 4 heterocycles. The maximum absolute atomic E-state index is 13.3. The number of likely N-dealkylation sites (tertiary alicyclic amines) is 1. The van der Waals surface area contributed by atoms with Crippen LogP contribution in [0.4, 0.5) is 0 Å². The minimum atomic E-state index is -0.235. The highest BCUT2D eigenvalue weighted by atomic mass is 35.5. The molecule has 2 atom stereocenters. The first kappa shape index (κ1) is 27.7. The van der Waals surface area contributed by atoms with Gasteiger partial charge in [-0.3, -0.25) is 9.69 Å². The summed E-state index contributed by atoms with van der Waals surface area (Å²) in [4.78, 5) is 37.5. The third-order valence-corrected chi connectivity index (χ3v) is 8.28. The second-order valence-electron chi connectivity index (χ2n) is 9.62. The fourth-order valence-electron chi connectivity index (χ4n) is 4.95. The smallest absolute Gasteiger partial charge is 0.332 e. The molecular formula is C26H33Cl2N6O2S+. The number of thiophene rings is 1. The van der Waals surface area contributed by atoms with Crippen LogP contribution >= 0.6 is 34.5 Å². The van der Waals surface area contributed by atoms with E-state index in [0.717, 1.165) is 37.3 Å². The molecule has 1 aliphatic rings. The second-order valence-corrected chi connectivity index (χ2v) is 11.1. The fraction of sp³-hybridized carbons (Fsp3) is 0.462. The molecule has 3 aromatic heterocycles. The number of piperidine rings is 1. The van der Waals surface area contributed by atoms with E-state index in [9.17, 15) is 9.59 Å². The van der Waals surface area contributed by atoms with Crippen molar-refractivity contribution in [3.63, 3.8) is 0 Å². The average molecular weight is 565 g/mol. The van der Waals surface area contributed by atoms with Gasteiger partial charge >= 0.3 is 5.91 Å². The van der Waals surface area contributed by atoms with Crippen LogP contribution in [0.25, 0.3) is 0 Å². The molecule has 8 nitrogen and oxygen atoms in total. The third kappa shape index (κ3) is 7.39. The van der Waals surface area contributed by atoms with E-state index in [1.165, 1.54) is 5.56 Å². The van der Waals surface area contributed by atoms with E-state index in [1.807, 2.05) is 10.8 Å². The lowest BCUT2D eigenvalue weighted by Gasteiger charge is -2.38. The van der Waals surface area contributed by atoms with Crippen molar-refractivity contribution in [2.45, 2.75) is 58.3 Å². The van der Waals surface area contributed by atoms with E-state index in [4.69, 9.17) is 23.2 Å². The zero-order valence-electron chi connectivity index (χ0n) is 21.1. The molecule has 0 radical (unpaired) electrons. The molecule has 1 unspecified atom stereocenters. The van der Waals surface area contributed by atoms with Crippen LogP contribution in [0.1, 0.15) is 47.7 Å². The fourth-order valence-corrected chi connectivity index (χ4v) is 6.24. The topological polar surface area (TPSA) is 84.6 Å². The van der Waals surface area contributed by atoms with Crippen molar-refractivity contribution in [3.05, 3.63) is 68.6 Å². The highest BCUT2D eigenvalue weighted by Gasteiger charge is 2.34. The van der Waals surface area contributed by atoms with Crippen molar-refractivity contribution < 1.29 is 14.5 Å². The lowest BCUT2D eigenvalue weighted by atomic mass is 10.00. The van der Waals surface area contributed by atoms with Gasteiger partial charge in [0.15, 0.2) is 0 Å². The van der Waals surface area contributed by atoms with Gasteiger partial charge in [-0.15, -0.1) is 0 Å². The largest absolute Gasteiger partial charge is 0.352 e. The second kappa shape index (κ2) is 13.0. The number of nitrogens with one attached hydrogen (secondary N) is 2. The van der Waals surface area contributed by atoms with Crippen LogP contribution in [0, 0.1) is 6.92 Å². The quantitative estimate of drug-likeness (QED) is 0.370. The minimum absolute atomic E-state index is 0.120. The Morgan fingerprint density at radius 2 is 2.08 bits per heavy atom. The van der Waals surface area contributed by atoms with Crippen LogP contribution in [0.5, 0.6) is 0 Å². The Morgan fingerprint density at radius 3 is 2.73 bits per heavy atom. The van der Waals surface area contributed by atoms with Crippen molar-refractivity contribution in [3.8, 4) is 0 Å². The molecule has 0 aromatic carbocycles. The summed E-state index contributed by atoms with van der Waals surface area (Å²) >= 11 is 13.7. The first-order chi connectivity index (χ1) is 17.8. The zero-order chi connectivity index (χ0) is 26.4. The number of carbonyl (C=O) groups is 2. The van der Waals surface area contributed by atoms with Gasteiger partial charge in [0.05, 0.1) is 17.9 Å². The number of quaternary nitrogens is 1. The Kier molecular flexibility index (Phi) is 9.72. The lowest BCUT2D eigenvalue weighted by Crippen LogP contribution is -3.17. The van der Waals surface area contributed by atoms with Crippen molar-refractivity contribution >= 4 is 46.4 Å². The average Bonchev–Trinajstić information content (AvgIpc) is 3.56. The van der Waals surface area contributed by atoms with Crippen molar-refractivity contribution in [2.75, 3.05) is 19.6 Å². The molecule has 3 aromatic rings. The number of rotatable bonds is 10. The molecular weight excluding hydrogens is 531 g/mol. The van der Waals surface area contributed by atoms with Gasteiger partial charge in [-0.05, 0) is 48.7 Å².